The summed E-state index contributed by atoms with van der Waals surface area (Å²) in [7, 11) is 0. The van der Waals surface area contributed by atoms with Crippen LogP contribution in [-0.4, -0.2) is 23.6 Å². The van der Waals surface area contributed by atoms with Crippen molar-refractivity contribution in [2.24, 2.45) is 5.41 Å². The molecule has 1 saturated carbocycles. The van der Waals surface area contributed by atoms with E-state index in [1.165, 1.54) is 6.92 Å². The maximum Gasteiger partial charge on any atom is 0.320 e. The molecule has 1 aliphatic rings. The van der Waals surface area contributed by atoms with E-state index in [4.69, 9.17) is 4.74 Å². The minimum absolute atomic E-state index is 0.170. The van der Waals surface area contributed by atoms with Gasteiger partial charge in [0, 0.05) is 17.5 Å². The SMILES string of the molecule is CC(CC(=O)c1ccccc1)(C(=O)OC1CCCCC1)C(=O)c1ccccc1. The van der Waals surface area contributed by atoms with Gasteiger partial charge in [-0.1, -0.05) is 67.1 Å². The molecule has 4 nitrogen and oxygen atoms in total. The van der Waals surface area contributed by atoms with Crippen LogP contribution in [0.5, 0.6) is 0 Å². The van der Waals surface area contributed by atoms with Crippen LogP contribution in [0.15, 0.2) is 60.7 Å². The van der Waals surface area contributed by atoms with Crippen LogP contribution in [0.25, 0.3) is 0 Å². The van der Waals surface area contributed by atoms with Crippen molar-refractivity contribution in [3.05, 3.63) is 71.8 Å². The molecule has 28 heavy (non-hydrogen) atoms. The van der Waals surface area contributed by atoms with E-state index in [1.54, 1.807) is 48.5 Å². The van der Waals surface area contributed by atoms with Gasteiger partial charge in [0.15, 0.2) is 11.6 Å². The Morgan fingerprint density at radius 3 is 1.96 bits per heavy atom. The van der Waals surface area contributed by atoms with Gasteiger partial charge in [0.05, 0.1) is 0 Å². The second kappa shape index (κ2) is 8.96. The van der Waals surface area contributed by atoms with Gasteiger partial charge in [-0.2, -0.15) is 0 Å². The number of hydrogen-bond donors (Lipinski definition) is 0. The summed E-state index contributed by atoms with van der Waals surface area (Å²) in [5.74, 6) is -1.22. The number of hydrogen-bond acceptors (Lipinski definition) is 4. The molecular weight excluding hydrogens is 352 g/mol. The van der Waals surface area contributed by atoms with Crippen LogP contribution >= 0.6 is 0 Å². The Kier molecular flexibility index (Phi) is 6.40. The van der Waals surface area contributed by atoms with Gasteiger partial charge in [0.25, 0.3) is 0 Å². The predicted molar refractivity (Wildman–Crippen MR) is 107 cm³/mol. The average Bonchev–Trinajstić information content (AvgIpc) is 2.75. The van der Waals surface area contributed by atoms with E-state index in [0.717, 1.165) is 32.1 Å². The third-order valence-corrected chi connectivity index (χ3v) is 5.42. The molecule has 2 aromatic carbocycles. The number of carbonyl (C=O) groups excluding carboxylic acids is 3. The molecule has 0 bridgehead atoms. The Labute approximate surface area is 165 Å². The maximum absolute atomic E-state index is 13.3. The fraction of sp³-hybridized carbons (Fsp3) is 0.375. The summed E-state index contributed by atoms with van der Waals surface area (Å²) in [6, 6.07) is 17.4. The summed E-state index contributed by atoms with van der Waals surface area (Å²) in [5.41, 5.74) is -0.655. The third-order valence-electron chi connectivity index (χ3n) is 5.42. The van der Waals surface area contributed by atoms with Crippen molar-refractivity contribution >= 4 is 17.5 Å². The molecule has 3 rings (SSSR count). The summed E-state index contributed by atoms with van der Waals surface area (Å²) >= 11 is 0. The first-order chi connectivity index (χ1) is 13.5. The van der Waals surface area contributed by atoms with Crippen LogP contribution in [0.1, 0.15) is 66.2 Å². The zero-order valence-corrected chi connectivity index (χ0v) is 16.2. The quantitative estimate of drug-likeness (QED) is 0.385. The van der Waals surface area contributed by atoms with E-state index in [2.05, 4.69) is 0 Å². The van der Waals surface area contributed by atoms with Crippen LogP contribution < -0.4 is 0 Å². The van der Waals surface area contributed by atoms with Crippen molar-refractivity contribution in [3.8, 4) is 0 Å². The topological polar surface area (TPSA) is 60.4 Å². The number of benzene rings is 2. The number of rotatable bonds is 7. The second-order valence-corrected chi connectivity index (χ2v) is 7.66. The number of esters is 1. The molecule has 0 aliphatic heterocycles. The zero-order chi connectivity index (χ0) is 20.0. The molecule has 0 N–H and O–H groups in total. The van der Waals surface area contributed by atoms with Gasteiger partial charge in [-0.25, -0.2) is 0 Å². The molecule has 1 atom stereocenters. The third kappa shape index (κ3) is 4.56. The monoisotopic (exact) mass is 378 g/mol. The number of carbonyl (C=O) groups is 3. The van der Waals surface area contributed by atoms with E-state index >= 15 is 0 Å². The molecule has 2 aromatic rings. The highest BCUT2D eigenvalue weighted by atomic mass is 16.5. The Morgan fingerprint density at radius 1 is 0.857 bits per heavy atom. The van der Waals surface area contributed by atoms with Crippen molar-refractivity contribution in [2.45, 2.75) is 51.6 Å². The van der Waals surface area contributed by atoms with Crippen LogP contribution in [0.3, 0.4) is 0 Å². The summed E-state index contributed by atoms with van der Waals surface area (Å²) in [4.78, 5) is 39.2. The van der Waals surface area contributed by atoms with Gasteiger partial charge in [-0.15, -0.1) is 0 Å². The van der Waals surface area contributed by atoms with Crippen molar-refractivity contribution in [1.29, 1.82) is 0 Å². The molecule has 1 aliphatic carbocycles. The minimum atomic E-state index is -1.55. The molecule has 0 aromatic heterocycles. The molecule has 0 amide bonds. The molecule has 0 heterocycles. The average molecular weight is 378 g/mol. The van der Waals surface area contributed by atoms with Crippen LogP contribution in [0.4, 0.5) is 0 Å². The van der Waals surface area contributed by atoms with Gasteiger partial charge < -0.3 is 4.74 Å². The highest BCUT2D eigenvalue weighted by molar-refractivity contribution is 6.15. The van der Waals surface area contributed by atoms with Crippen molar-refractivity contribution in [1.82, 2.24) is 0 Å². The zero-order valence-electron chi connectivity index (χ0n) is 16.2. The fourth-order valence-corrected chi connectivity index (χ4v) is 3.66. The first kappa shape index (κ1) is 20.0. The van der Waals surface area contributed by atoms with Crippen LogP contribution in [-0.2, 0) is 9.53 Å². The van der Waals surface area contributed by atoms with Crippen LogP contribution in [0.2, 0.25) is 0 Å². The summed E-state index contributed by atoms with van der Waals surface area (Å²) in [6.07, 6.45) is 4.42. The Balaban J connectivity index is 1.87. The van der Waals surface area contributed by atoms with Gasteiger partial charge >= 0.3 is 5.97 Å². The number of ketones is 2. The van der Waals surface area contributed by atoms with E-state index in [9.17, 15) is 14.4 Å². The lowest BCUT2D eigenvalue weighted by Crippen LogP contribution is -2.42. The standard InChI is InChI=1S/C24H26O4/c1-24(22(26)19-13-7-3-8-14-19,17-21(25)18-11-5-2-6-12-18)23(27)28-20-15-9-4-10-16-20/h2-3,5-8,11-14,20H,4,9-10,15-17H2,1H3. The Hall–Kier alpha value is -2.75. The molecule has 1 unspecified atom stereocenters. The highest BCUT2D eigenvalue weighted by Gasteiger charge is 2.45. The smallest absolute Gasteiger partial charge is 0.320 e. The van der Waals surface area contributed by atoms with Crippen molar-refractivity contribution < 1.29 is 19.1 Å². The lowest BCUT2D eigenvalue weighted by atomic mass is 9.77. The fourth-order valence-electron chi connectivity index (χ4n) is 3.66. The lowest BCUT2D eigenvalue weighted by Gasteiger charge is -2.29. The largest absolute Gasteiger partial charge is 0.462 e. The van der Waals surface area contributed by atoms with Gasteiger partial charge in [0.2, 0.25) is 0 Å². The Bertz CT molecular complexity index is 822. The molecule has 1 fully saturated rings. The maximum atomic E-state index is 13.3. The summed E-state index contributed by atoms with van der Waals surface area (Å²) in [6.45, 7) is 1.54. The molecule has 4 heteroatoms. The van der Waals surface area contributed by atoms with Gasteiger partial charge in [-0.05, 0) is 32.6 Å². The summed E-state index contributed by atoms with van der Waals surface area (Å²) in [5, 5.41) is 0. The van der Waals surface area contributed by atoms with E-state index in [1.807, 2.05) is 12.1 Å². The molecule has 146 valence electrons. The molecule has 0 spiro atoms. The van der Waals surface area contributed by atoms with Crippen molar-refractivity contribution in [3.63, 3.8) is 0 Å². The van der Waals surface area contributed by atoms with E-state index in [0.29, 0.717) is 11.1 Å². The summed E-state index contributed by atoms with van der Waals surface area (Å²) < 4.78 is 5.72. The highest BCUT2D eigenvalue weighted by Crippen LogP contribution is 2.32. The molecule has 0 radical (unpaired) electrons. The normalized spacial score (nSPS) is 16.8. The molecule has 0 saturated heterocycles. The van der Waals surface area contributed by atoms with Gasteiger partial charge in [-0.3, -0.25) is 14.4 Å². The first-order valence-electron chi connectivity index (χ1n) is 9.90. The predicted octanol–water partition coefficient (Wildman–Crippen LogP) is 5.02. The van der Waals surface area contributed by atoms with E-state index in [-0.39, 0.29) is 24.1 Å². The van der Waals surface area contributed by atoms with Crippen LogP contribution in [0, 0.1) is 5.41 Å². The second-order valence-electron chi connectivity index (χ2n) is 7.66. The van der Waals surface area contributed by atoms with Crippen molar-refractivity contribution in [2.75, 3.05) is 0 Å². The number of ether oxygens (including phenoxy) is 1. The Morgan fingerprint density at radius 2 is 1.39 bits per heavy atom. The lowest BCUT2D eigenvalue weighted by molar-refractivity contribution is -0.159. The molecular formula is C24H26O4. The van der Waals surface area contributed by atoms with E-state index < -0.39 is 11.4 Å². The van der Waals surface area contributed by atoms with Gasteiger partial charge in [0.1, 0.15) is 11.5 Å². The first-order valence-corrected chi connectivity index (χ1v) is 9.90. The minimum Gasteiger partial charge on any atom is -0.462 e. The number of Topliss-reactive ketones (excluding diaryl/α,β-unsaturated/α-hetero) is 2.